The predicted molar refractivity (Wildman–Crippen MR) is 51.6 cm³/mol. The first-order valence-electron chi connectivity index (χ1n) is 3.95. The van der Waals surface area contributed by atoms with Crippen LogP contribution in [-0.4, -0.2) is 10.9 Å². The summed E-state index contributed by atoms with van der Waals surface area (Å²) in [6, 6.07) is 5.56. The Morgan fingerprint density at radius 3 is 2.92 bits per heavy atom. The summed E-state index contributed by atoms with van der Waals surface area (Å²) in [5, 5.41) is 0. The number of rotatable bonds is 2. The first-order valence-corrected chi connectivity index (χ1v) is 3.95. The zero-order chi connectivity index (χ0) is 9.68. The van der Waals surface area contributed by atoms with E-state index in [2.05, 4.69) is 15.4 Å². The van der Waals surface area contributed by atoms with E-state index in [4.69, 9.17) is 11.6 Å². The molecule has 0 fully saturated rings. The molecule has 0 aliphatic heterocycles. The van der Waals surface area contributed by atoms with Crippen molar-refractivity contribution in [2.45, 2.75) is 13.0 Å². The number of nitrogens with one attached hydrogen (secondary N) is 1. The number of hydrazine groups is 1. The normalized spacial score (nSPS) is 13.8. The molecule has 13 heavy (non-hydrogen) atoms. The van der Waals surface area contributed by atoms with E-state index >= 15 is 0 Å². The largest absolute Gasteiger partial charge is 0.369 e. The van der Waals surface area contributed by atoms with Gasteiger partial charge in [-0.3, -0.25) is 10.4 Å². The maximum Gasteiger partial charge on any atom is 0.203 e. The number of hydrogen-bond acceptors (Lipinski definition) is 3. The van der Waals surface area contributed by atoms with Gasteiger partial charge in [-0.05, 0) is 19.1 Å². The van der Waals surface area contributed by atoms with E-state index in [1.807, 2.05) is 25.1 Å². The molecule has 5 N–H and O–H groups in total. The average Bonchev–Trinajstić information content (AvgIpc) is 2.19. The lowest BCUT2D eigenvalue weighted by atomic mass is 10.2. The van der Waals surface area contributed by atoms with Crippen molar-refractivity contribution in [3.8, 4) is 0 Å². The average molecular weight is 179 g/mol. The molecule has 1 unspecified atom stereocenters. The van der Waals surface area contributed by atoms with Gasteiger partial charge in [0.2, 0.25) is 5.96 Å². The Hall–Kier alpha value is -1.62. The molecule has 0 saturated carbocycles. The van der Waals surface area contributed by atoms with Crippen LogP contribution in [0.25, 0.3) is 0 Å². The molecule has 0 bridgehead atoms. The topological polar surface area (TPSA) is 89.3 Å². The minimum Gasteiger partial charge on any atom is -0.369 e. The summed E-state index contributed by atoms with van der Waals surface area (Å²) in [6.45, 7) is 1.90. The van der Waals surface area contributed by atoms with Crippen LogP contribution in [0.1, 0.15) is 18.7 Å². The Morgan fingerprint density at radius 1 is 1.62 bits per heavy atom. The highest BCUT2D eigenvalue weighted by molar-refractivity contribution is 5.77. The Balaban J connectivity index is 2.75. The Morgan fingerprint density at radius 2 is 2.38 bits per heavy atom. The van der Waals surface area contributed by atoms with E-state index in [0.29, 0.717) is 0 Å². The highest BCUT2D eigenvalue weighted by Crippen LogP contribution is 2.11. The number of nitrogens with zero attached hydrogens (tertiary/aromatic N) is 2. The second-order valence-electron chi connectivity index (χ2n) is 2.59. The fourth-order valence-corrected chi connectivity index (χ4v) is 0.935. The van der Waals surface area contributed by atoms with Gasteiger partial charge in [-0.15, -0.1) is 0 Å². The van der Waals surface area contributed by atoms with E-state index in [9.17, 15) is 0 Å². The Labute approximate surface area is 76.8 Å². The first-order chi connectivity index (χ1) is 6.24. The van der Waals surface area contributed by atoms with Gasteiger partial charge in [-0.2, -0.15) is 0 Å². The molecule has 1 aromatic heterocycles. The number of nitrogens with two attached hydrogens (primary N) is 2. The standard InChI is InChI=1S/C8H13N5/c1-6(12-8(9)13-10)7-4-2-3-5-11-7/h2-6H,10H2,1H3,(H3,9,12,13). The third kappa shape index (κ3) is 2.72. The highest BCUT2D eigenvalue weighted by Gasteiger charge is 2.03. The summed E-state index contributed by atoms with van der Waals surface area (Å²) in [6.07, 6.45) is 1.72. The van der Waals surface area contributed by atoms with Crippen LogP contribution in [0.3, 0.4) is 0 Å². The van der Waals surface area contributed by atoms with Crippen molar-refractivity contribution in [2.24, 2.45) is 16.6 Å². The van der Waals surface area contributed by atoms with Gasteiger partial charge in [-0.1, -0.05) is 6.07 Å². The zero-order valence-electron chi connectivity index (χ0n) is 7.44. The van der Waals surface area contributed by atoms with Crippen molar-refractivity contribution in [2.75, 3.05) is 0 Å². The molecule has 5 heteroatoms. The van der Waals surface area contributed by atoms with Gasteiger partial charge in [0.25, 0.3) is 0 Å². The molecule has 0 aliphatic carbocycles. The minimum atomic E-state index is -0.0859. The quantitative estimate of drug-likeness (QED) is 0.256. The highest BCUT2D eigenvalue weighted by atomic mass is 15.3. The third-order valence-corrected chi connectivity index (χ3v) is 1.60. The lowest BCUT2D eigenvalue weighted by Crippen LogP contribution is -2.37. The van der Waals surface area contributed by atoms with Crippen LogP contribution in [0, 0.1) is 0 Å². The van der Waals surface area contributed by atoms with Gasteiger partial charge in [0.05, 0.1) is 11.7 Å². The third-order valence-electron chi connectivity index (χ3n) is 1.60. The number of guanidine groups is 1. The summed E-state index contributed by atoms with van der Waals surface area (Å²) in [5.41, 5.74) is 8.52. The van der Waals surface area contributed by atoms with Gasteiger partial charge >= 0.3 is 0 Å². The minimum absolute atomic E-state index is 0.0859. The van der Waals surface area contributed by atoms with Gasteiger partial charge in [-0.25, -0.2) is 10.8 Å². The molecule has 5 nitrogen and oxygen atoms in total. The van der Waals surface area contributed by atoms with E-state index < -0.39 is 0 Å². The number of aliphatic imine (C=N–C) groups is 1. The van der Waals surface area contributed by atoms with Gasteiger partial charge in [0.1, 0.15) is 0 Å². The molecule has 1 heterocycles. The van der Waals surface area contributed by atoms with E-state index in [-0.39, 0.29) is 12.0 Å². The SMILES string of the molecule is CC(N=C(N)NN)c1ccccn1. The second kappa shape index (κ2) is 4.42. The molecule has 0 saturated heterocycles. The number of hydrogen-bond donors (Lipinski definition) is 3. The molecular weight excluding hydrogens is 166 g/mol. The molecule has 1 rings (SSSR count). The molecule has 0 aromatic carbocycles. The second-order valence-corrected chi connectivity index (χ2v) is 2.59. The first kappa shape index (κ1) is 9.47. The monoisotopic (exact) mass is 179 g/mol. The van der Waals surface area contributed by atoms with Gasteiger partial charge in [0.15, 0.2) is 0 Å². The van der Waals surface area contributed by atoms with Crippen LogP contribution in [0.2, 0.25) is 0 Å². The van der Waals surface area contributed by atoms with Crippen molar-refractivity contribution in [1.82, 2.24) is 10.4 Å². The summed E-state index contributed by atoms with van der Waals surface area (Å²) in [7, 11) is 0. The van der Waals surface area contributed by atoms with E-state index in [0.717, 1.165) is 5.69 Å². The molecular formula is C8H13N5. The smallest absolute Gasteiger partial charge is 0.203 e. The van der Waals surface area contributed by atoms with Crippen molar-refractivity contribution in [3.63, 3.8) is 0 Å². The van der Waals surface area contributed by atoms with E-state index in [1.54, 1.807) is 6.20 Å². The molecule has 0 aliphatic rings. The Bertz CT molecular complexity index is 282. The van der Waals surface area contributed by atoms with Crippen LogP contribution >= 0.6 is 0 Å². The molecule has 0 amide bonds. The number of aromatic nitrogens is 1. The van der Waals surface area contributed by atoms with E-state index in [1.165, 1.54) is 0 Å². The lowest BCUT2D eigenvalue weighted by Gasteiger charge is -2.06. The number of pyridine rings is 1. The molecule has 1 atom stereocenters. The molecule has 0 spiro atoms. The Kier molecular flexibility index (Phi) is 3.22. The van der Waals surface area contributed by atoms with Crippen LogP contribution in [0.4, 0.5) is 0 Å². The summed E-state index contributed by atoms with van der Waals surface area (Å²) in [5.74, 6) is 5.28. The lowest BCUT2D eigenvalue weighted by molar-refractivity contribution is 0.769. The van der Waals surface area contributed by atoms with Crippen LogP contribution < -0.4 is 17.0 Å². The zero-order valence-corrected chi connectivity index (χ0v) is 7.44. The van der Waals surface area contributed by atoms with Crippen LogP contribution in [0.15, 0.2) is 29.4 Å². The fraction of sp³-hybridized carbons (Fsp3) is 0.250. The van der Waals surface area contributed by atoms with Crippen molar-refractivity contribution in [3.05, 3.63) is 30.1 Å². The van der Waals surface area contributed by atoms with Crippen LogP contribution in [-0.2, 0) is 0 Å². The maximum absolute atomic E-state index is 5.40. The fourth-order valence-electron chi connectivity index (χ4n) is 0.935. The molecule has 0 radical (unpaired) electrons. The van der Waals surface area contributed by atoms with Gasteiger partial charge < -0.3 is 5.73 Å². The summed E-state index contributed by atoms with van der Waals surface area (Å²) >= 11 is 0. The van der Waals surface area contributed by atoms with Gasteiger partial charge in [0, 0.05) is 6.20 Å². The summed E-state index contributed by atoms with van der Waals surface area (Å²) < 4.78 is 0. The van der Waals surface area contributed by atoms with Crippen molar-refractivity contribution < 1.29 is 0 Å². The molecule has 70 valence electrons. The van der Waals surface area contributed by atoms with Crippen LogP contribution in [0.5, 0.6) is 0 Å². The van der Waals surface area contributed by atoms with Crippen molar-refractivity contribution in [1.29, 1.82) is 0 Å². The molecule has 1 aromatic rings. The van der Waals surface area contributed by atoms with Crippen molar-refractivity contribution >= 4 is 5.96 Å². The maximum atomic E-state index is 5.40. The predicted octanol–water partition coefficient (Wildman–Crippen LogP) is -0.0794. The summed E-state index contributed by atoms with van der Waals surface area (Å²) in [4.78, 5) is 8.20.